The van der Waals surface area contributed by atoms with Gasteiger partial charge in [-0.05, 0) is 55.4 Å². The third kappa shape index (κ3) is 1.57. The fraction of sp³-hybridized carbons (Fsp3) is 0.556. The van der Waals surface area contributed by atoms with Gasteiger partial charge in [0.15, 0.2) is 0 Å². The van der Waals surface area contributed by atoms with E-state index in [1.807, 2.05) is 0 Å². The fourth-order valence-corrected chi connectivity index (χ4v) is 4.04. The van der Waals surface area contributed by atoms with Crippen molar-refractivity contribution in [2.75, 3.05) is 0 Å². The van der Waals surface area contributed by atoms with E-state index in [4.69, 9.17) is 0 Å². The van der Waals surface area contributed by atoms with Gasteiger partial charge in [0.25, 0.3) is 0 Å². The highest BCUT2D eigenvalue weighted by Gasteiger charge is 2.42. The van der Waals surface area contributed by atoms with Gasteiger partial charge in [-0.25, -0.2) is 0 Å². The lowest BCUT2D eigenvalue weighted by Crippen LogP contribution is -2.17. The predicted molar refractivity (Wildman–Crippen MR) is 85.5 cm³/mol. The second kappa shape index (κ2) is 4.03. The first-order chi connectivity index (χ1) is 9.25. The molecular formula is C18H26N2. The van der Waals surface area contributed by atoms with E-state index >= 15 is 0 Å². The lowest BCUT2D eigenvalue weighted by atomic mass is 9.79. The molecule has 2 nitrogen and oxygen atoms in total. The van der Waals surface area contributed by atoms with Crippen molar-refractivity contribution in [2.45, 2.75) is 60.3 Å². The van der Waals surface area contributed by atoms with Crippen LogP contribution in [-0.4, -0.2) is 9.97 Å². The molecule has 0 saturated carbocycles. The molecule has 0 fully saturated rings. The van der Waals surface area contributed by atoms with Crippen molar-refractivity contribution in [3.63, 3.8) is 0 Å². The number of rotatable bonds is 2. The first kappa shape index (κ1) is 13.5. The maximum Gasteiger partial charge on any atom is 0.0669 e. The molecule has 2 heteroatoms. The molecule has 3 rings (SSSR count). The smallest absolute Gasteiger partial charge is 0.0669 e. The van der Waals surface area contributed by atoms with Gasteiger partial charge in [0.1, 0.15) is 0 Å². The Morgan fingerprint density at radius 1 is 0.900 bits per heavy atom. The Hall–Kier alpha value is -1.44. The summed E-state index contributed by atoms with van der Waals surface area (Å²) >= 11 is 0. The lowest BCUT2D eigenvalue weighted by Gasteiger charge is -2.22. The van der Waals surface area contributed by atoms with E-state index in [1.54, 1.807) is 0 Å². The number of fused-ring (bicyclic) bond motifs is 3. The van der Waals surface area contributed by atoms with Crippen molar-refractivity contribution < 1.29 is 0 Å². The summed E-state index contributed by atoms with van der Waals surface area (Å²) in [6, 6.07) is 0. The highest BCUT2D eigenvalue weighted by Crippen LogP contribution is 2.52. The maximum atomic E-state index is 3.71. The molecule has 2 N–H and O–H groups in total. The van der Waals surface area contributed by atoms with Gasteiger partial charge in [-0.1, -0.05) is 27.7 Å². The highest BCUT2D eigenvalue weighted by atomic mass is 14.9. The number of H-pyrrole nitrogens is 2. The minimum Gasteiger partial charge on any atom is -0.357 e. The Morgan fingerprint density at radius 2 is 1.45 bits per heavy atom. The lowest BCUT2D eigenvalue weighted by molar-refractivity contribution is 0.629. The van der Waals surface area contributed by atoms with Crippen LogP contribution in [0.25, 0.3) is 11.4 Å². The Morgan fingerprint density at radius 3 is 2.05 bits per heavy atom. The Labute approximate surface area is 122 Å². The summed E-state index contributed by atoms with van der Waals surface area (Å²) in [5, 5.41) is 0. The number of hydrogen-bond acceptors (Lipinski definition) is 0. The van der Waals surface area contributed by atoms with Crippen LogP contribution >= 0.6 is 0 Å². The Bertz CT molecular complexity index is 681. The van der Waals surface area contributed by atoms with E-state index in [9.17, 15) is 0 Å². The van der Waals surface area contributed by atoms with Crippen molar-refractivity contribution in [2.24, 2.45) is 5.92 Å². The molecule has 0 spiro atoms. The summed E-state index contributed by atoms with van der Waals surface area (Å²) in [7, 11) is 0. The van der Waals surface area contributed by atoms with E-state index in [2.05, 4.69) is 58.4 Å². The molecule has 0 atom stereocenters. The molecule has 0 aliphatic heterocycles. The van der Waals surface area contributed by atoms with Gasteiger partial charge in [-0.2, -0.15) is 0 Å². The van der Waals surface area contributed by atoms with Gasteiger partial charge in [0.2, 0.25) is 0 Å². The van der Waals surface area contributed by atoms with E-state index in [0.29, 0.717) is 5.92 Å². The number of aryl methyl sites for hydroxylation is 1. The molecule has 0 unspecified atom stereocenters. The second-order valence-electron chi connectivity index (χ2n) is 7.33. The first-order valence-electron chi connectivity index (χ1n) is 7.67. The summed E-state index contributed by atoms with van der Waals surface area (Å²) < 4.78 is 0. The standard InChI is InChI=1S/C18H26N2/c1-9(2)8-13-11(4)15-17(20-13)16-14(18(15,6)7)10(3)12(5)19-16/h9,19-20H,8H2,1-7H3. The van der Waals surface area contributed by atoms with E-state index in [-0.39, 0.29) is 5.41 Å². The van der Waals surface area contributed by atoms with Crippen LogP contribution < -0.4 is 0 Å². The largest absolute Gasteiger partial charge is 0.357 e. The molecule has 20 heavy (non-hydrogen) atoms. The molecule has 1 aliphatic carbocycles. The second-order valence-corrected chi connectivity index (χ2v) is 7.33. The molecule has 0 aromatic carbocycles. The van der Waals surface area contributed by atoms with Crippen LogP contribution in [0, 0.1) is 26.7 Å². The zero-order valence-corrected chi connectivity index (χ0v) is 13.8. The Balaban J connectivity index is 2.25. The summed E-state index contributed by atoms with van der Waals surface area (Å²) in [6.45, 7) is 16.0. The number of aromatic nitrogens is 2. The fourth-order valence-electron chi connectivity index (χ4n) is 4.04. The van der Waals surface area contributed by atoms with Gasteiger partial charge in [-0.3, -0.25) is 0 Å². The minimum atomic E-state index is 0.106. The monoisotopic (exact) mass is 270 g/mol. The van der Waals surface area contributed by atoms with Crippen LogP contribution in [-0.2, 0) is 11.8 Å². The number of nitrogens with one attached hydrogen (secondary N) is 2. The van der Waals surface area contributed by atoms with Gasteiger partial charge in [0.05, 0.1) is 11.4 Å². The SMILES string of the molecule is Cc1[nH]c2c(c1C)C(C)(C)c1c-2[nH]c(CC(C)C)c1C. The van der Waals surface area contributed by atoms with Gasteiger partial charge < -0.3 is 9.97 Å². The van der Waals surface area contributed by atoms with Crippen molar-refractivity contribution in [3.8, 4) is 11.4 Å². The zero-order valence-electron chi connectivity index (χ0n) is 13.8. The van der Waals surface area contributed by atoms with Crippen LogP contribution in [0.4, 0.5) is 0 Å². The van der Waals surface area contributed by atoms with Crippen LogP contribution in [0.3, 0.4) is 0 Å². The molecule has 1 aliphatic rings. The normalized spacial score (nSPS) is 15.8. The van der Waals surface area contributed by atoms with E-state index in [0.717, 1.165) is 6.42 Å². The van der Waals surface area contributed by atoms with Crippen molar-refractivity contribution in [3.05, 3.63) is 33.6 Å². The third-order valence-electron chi connectivity index (χ3n) is 4.97. The molecule has 2 aromatic heterocycles. The molecule has 108 valence electrons. The van der Waals surface area contributed by atoms with Crippen LogP contribution in [0.2, 0.25) is 0 Å². The van der Waals surface area contributed by atoms with Gasteiger partial charge in [-0.15, -0.1) is 0 Å². The molecule has 0 bridgehead atoms. The molecule has 2 heterocycles. The molecule has 0 radical (unpaired) electrons. The van der Waals surface area contributed by atoms with Gasteiger partial charge >= 0.3 is 0 Å². The van der Waals surface area contributed by atoms with Crippen LogP contribution in [0.15, 0.2) is 0 Å². The third-order valence-corrected chi connectivity index (χ3v) is 4.97. The van der Waals surface area contributed by atoms with Crippen LogP contribution in [0.1, 0.15) is 61.3 Å². The first-order valence-corrected chi connectivity index (χ1v) is 7.67. The molecule has 0 amide bonds. The quantitative estimate of drug-likeness (QED) is 0.787. The summed E-state index contributed by atoms with van der Waals surface area (Å²) in [5.41, 5.74) is 11.3. The molecular weight excluding hydrogens is 244 g/mol. The summed E-state index contributed by atoms with van der Waals surface area (Å²) in [4.78, 5) is 7.31. The summed E-state index contributed by atoms with van der Waals surface area (Å²) in [6.07, 6.45) is 1.13. The van der Waals surface area contributed by atoms with Crippen molar-refractivity contribution in [1.29, 1.82) is 0 Å². The minimum absolute atomic E-state index is 0.106. The summed E-state index contributed by atoms with van der Waals surface area (Å²) in [5.74, 6) is 0.683. The van der Waals surface area contributed by atoms with Crippen molar-refractivity contribution >= 4 is 0 Å². The van der Waals surface area contributed by atoms with Gasteiger partial charge in [0, 0.05) is 16.8 Å². The van der Waals surface area contributed by atoms with Crippen molar-refractivity contribution in [1.82, 2.24) is 9.97 Å². The topological polar surface area (TPSA) is 31.6 Å². The molecule has 0 saturated heterocycles. The average molecular weight is 270 g/mol. The average Bonchev–Trinajstić information content (AvgIpc) is 2.85. The van der Waals surface area contributed by atoms with E-state index < -0.39 is 0 Å². The zero-order chi connectivity index (χ0) is 14.8. The van der Waals surface area contributed by atoms with E-state index in [1.165, 1.54) is 45.0 Å². The van der Waals surface area contributed by atoms with Crippen LogP contribution in [0.5, 0.6) is 0 Å². The Kier molecular flexibility index (Phi) is 2.73. The predicted octanol–water partition coefficient (Wildman–Crippen LogP) is 4.77. The molecule has 2 aromatic rings. The highest BCUT2D eigenvalue weighted by molar-refractivity contribution is 5.80. The maximum absolute atomic E-state index is 3.71. The number of hydrogen-bond donors (Lipinski definition) is 2. The number of aromatic amines is 2.